The monoisotopic (exact) mass is 269 g/mol. The molecule has 2 rings (SSSR count). The summed E-state index contributed by atoms with van der Waals surface area (Å²) < 4.78 is 5.50. The lowest BCUT2D eigenvalue weighted by atomic mass is 9.90. The van der Waals surface area contributed by atoms with Gasteiger partial charge in [-0.1, -0.05) is 0 Å². The number of aliphatic hydroxyl groups is 1. The molecule has 2 fully saturated rings. The molecule has 1 saturated carbocycles. The molecule has 2 atom stereocenters. The number of rotatable bonds is 4. The third-order valence-corrected chi connectivity index (χ3v) is 4.11. The lowest BCUT2D eigenvalue weighted by Crippen LogP contribution is -2.43. The van der Waals surface area contributed by atoms with Crippen molar-refractivity contribution in [1.29, 1.82) is 0 Å². The van der Waals surface area contributed by atoms with Crippen molar-refractivity contribution in [3.63, 3.8) is 0 Å². The molecule has 0 spiro atoms. The average molecular weight is 269 g/mol. The number of aliphatic hydroxyl groups excluding tert-OH is 1. The van der Waals surface area contributed by atoms with Crippen molar-refractivity contribution >= 4 is 6.09 Å². The molecule has 1 N–H and O–H groups in total. The van der Waals surface area contributed by atoms with Crippen LogP contribution in [-0.2, 0) is 4.74 Å². The molecular weight excluding hydrogens is 242 g/mol. The first-order chi connectivity index (χ1) is 8.92. The van der Waals surface area contributed by atoms with Crippen LogP contribution in [-0.4, -0.2) is 40.9 Å². The molecule has 110 valence electrons. The molecule has 2 aliphatic rings. The van der Waals surface area contributed by atoms with Crippen LogP contribution in [0.4, 0.5) is 4.79 Å². The van der Waals surface area contributed by atoms with Gasteiger partial charge in [0.15, 0.2) is 0 Å². The number of carbonyl (C=O) groups excluding carboxylic acids is 1. The molecule has 1 heterocycles. The first-order valence-electron chi connectivity index (χ1n) is 7.53. The predicted molar refractivity (Wildman–Crippen MR) is 73.9 cm³/mol. The van der Waals surface area contributed by atoms with Gasteiger partial charge >= 0.3 is 6.09 Å². The maximum Gasteiger partial charge on any atom is 0.410 e. The summed E-state index contributed by atoms with van der Waals surface area (Å²) in [7, 11) is 0. The van der Waals surface area contributed by atoms with Crippen LogP contribution in [0.3, 0.4) is 0 Å². The second-order valence-corrected chi connectivity index (χ2v) is 6.90. The van der Waals surface area contributed by atoms with Crippen molar-refractivity contribution in [3.05, 3.63) is 0 Å². The molecule has 0 aromatic rings. The summed E-state index contributed by atoms with van der Waals surface area (Å²) in [6, 6.07) is 0.273. The number of hydrogen-bond acceptors (Lipinski definition) is 3. The van der Waals surface area contributed by atoms with Crippen LogP contribution < -0.4 is 0 Å². The number of amides is 1. The summed E-state index contributed by atoms with van der Waals surface area (Å²) in [5.74, 6) is 1.17. The fraction of sp³-hybridized carbons (Fsp3) is 0.933. The van der Waals surface area contributed by atoms with Crippen molar-refractivity contribution < 1.29 is 14.6 Å². The lowest BCUT2D eigenvalue weighted by molar-refractivity contribution is 0.0150. The van der Waals surface area contributed by atoms with Gasteiger partial charge in [0.1, 0.15) is 5.60 Å². The first-order valence-corrected chi connectivity index (χ1v) is 7.53. The van der Waals surface area contributed by atoms with Gasteiger partial charge in [-0.3, -0.25) is 0 Å². The minimum atomic E-state index is -0.434. The number of likely N-dealkylation sites (tertiary alicyclic amines) is 1. The lowest BCUT2D eigenvalue weighted by Gasteiger charge is -2.33. The number of nitrogens with zero attached hydrogens (tertiary/aromatic N) is 1. The second-order valence-electron chi connectivity index (χ2n) is 6.90. The molecule has 1 saturated heterocycles. The van der Waals surface area contributed by atoms with Crippen LogP contribution in [0.1, 0.15) is 52.9 Å². The topological polar surface area (TPSA) is 49.8 Å². The van der Waals surface area contributed by atoms with E-state index in [1.165, 1.54) is 12.8 Å². The predicted octanol–water partition coefficient (Wildman–Crippen LogP) is 2.79. The Morgan fingerprint density at radius 3 is 2.58 bits per heavy atom. The molecule has 1 amide bonds. The van der Waals surface area contributed by atoms with E-state index in [1.807, 2.05) is 25.7 Å². The Morgan fingerprint density at radius 2 is 2.05 bits per heavy atom. The second kappa shape index (κ2) is 5.70. The van der Waals surface area contributed by atoms with E-state index in [2.05, 4.69) is 0 Å². The Balaban J connectivity index is 2.00. The fourth-order valence-electron chi connectivity index (χ4n) is 3.20. The van der Waals surface area contributed by atoms with Gasteiger partial charge in [-0.15, -0.1) is 0 Å². The molecule has 0 radical (unpaired) electrons. The van der Waals surface area contributed by atoms with Crippen LogP contribution in [0.2, 0.25) is 0 Å². The van der Waals surface area contributed by atoms with E-state index < -0.39 is 5.60 Å². The van der Waals surface area contributed by atoms with E-state index in [-0.39, 0.29) is 18.7 Å². The van der Waals surface area contributed by atoms with Gasteiger partial charge in [-0.05, 0) is 64.7 Å². The summed E-state index contributed by atoms with van der Waals surface area (Å²) in [4.78, 5) is 14.2. The van der Waals surface area contributed by atoms with Gasteiger partial charge in [0.2, 0.25) is 0 Å². The van der Waals surface area contributed by atoms with E-state index >= 15 is 0 Å². The van der Waals surface area contributed by atoms with Crippen molar-refractivity contribution in [1.82, 2.24) is 4.90 Å². The zero-order valence-electron chi connectivity index (χ0n) is 12.4. The SMILES string of the molecule is CC(C)(C)OC(=O)N1CCCC1C(CCO)C1CC1. The summed E-state index contributed by atoms with van der Waals surface area (Å²) in [5, 5.41) is 9.25. The number of carbonyl (C=O) groups is 1. The molecule has 1 aliphatic carbocycles. The fourth-order valence-corrected chi connectivity index (χ4v) is 3.20. The number of ether oxygens (including phenoxy) is 1. The maximum atomic E-state index is 12.3. The summed E-state index contributed by atoms with van der Waals surface area (Å²) >= 11 is 0. The van der Waals surface area contributed by atoms with E-state index in [1.54, 1.807) is 0 Å². The van der Waals surface area contributed by atoms with Crippen LogP contribution >= 0.6 is 0 Å². The zero-order chi connectivity index (χ0) is 14.0. The van der Waals surface area contributed by atoms with Gasteiger partial charge in [-0.2, -0.15) is 0 Å². The standard InChI is InChI=1S/C15H27NO3/c1-15(2,3)19-14(18)16-9-4-5-13(16)12(8-10-17)11-6-7-11/h11-13,17H,4-10H2,1-3H3. The highest BCUT2D eigenvalue weighted by molar-refractivity contribution is 5.69. The van der Waals surface area contributed by atoms with Gasteiger partial charge in [0.25, 0.3) is 0 Å². The van der Waals surface area contributed by atoms with Crippen LogP contribution in [0.25, 0.3) is 0 Å². The highest BCUT2D eigenvalue weighted by atomic mass is 16.6. The Bertz CT molecular complexity index is 320. The van der Waals surface area contributed by atoms with Gasteiger partial charge in [0.05, 0.1) is 0 Å². The molecule has 4 heteroatoms. The van der Waals surface area contributed by atoms with Gasteiger partial charge in [-0.25, -0.2) is 4.79 Å². The maximum absolute atomic E-state index is 12.3. The quantitative estimate of drug-likeness (QED) is 0.853. The Hall–Kier alpha value is -0.770. The third-order valence-electron chi connectivity index (χ3n) is 4.11. The third kappa shape index (κ3) is 3.85. The minimum absolute atomic E-state index is 0.182. The molecular formula is C15H27NO3. The zero-order valence-corrected chi connectivity index (χ0v) is 12.4. The van der Waals surface area contributed by atoms with Crippen molar-refractivity contribution in [2.45, 2.75) is 64.5 Å². The molecule has 19 heavy (non-hydrogen) atoms. The van der Waals surface area contributed by atoms with Crippen molar-refractivity contribution in [2.24, 2.45) is 11.8 Å². The van der Waals surface area contributed by atoms with Crippen LogP contribution in [0.15, 0.2) is 0 Å². The summed E-state index contributed by atoms with van der Waals surface area (Å²) in [6.45, 7) is 6.74. The summed E-state index contributed by atoms with van der Waals surface area (Å²) in [6.07, 6.45) is 5.25. The Kier molecular flexibility index (Phi) is 4.39. The van der Waals surface area contributed by atoms with E-state index in [4.69, 9.17) is 4.74 Å². The van der Waals surface area contributed by atoms with E-state index in [9.17, 15) is 9.90 Å². The van der Waals surface area contributed by atoms with Crippen LogP contribution in [0, 0.1) is 11.8 Å². The number of hydrogen-bond donors (Lipinski definition) is 1. The van der Waals surface area contributed by atoms with Gasteiger partial charge in [0, 0.05) is 19.2 Å². The molecule has 4 nitrogen and oxygen atoms in total. The first kappa shape index (κ1) is 14.6. The van der Waals surface area contributed by atoms with Gasteiger partial charge < -0.3 is 14.7 Å². The Labute approximate surface area is 116 Å². The van der Waals surface area contributed by atoms with Crippen molar-refractivity contribution in [3.8, 4) is 0 Å². The van der Waals surface area contributed by atoms with E-state index in [0.717, 1.165) is 25.8 Å². The minimum Gasteiger partial charge on any atom is -0.444 e. The molecule has 0 aromatic heterocycles. The molecule has 0 aromatic carbocycles. The summed E-state index contributed by atoms with van der Waals surface area (Å²) in [5.41, 5.74) is -0.434. The largest absolute Gasteiger partial charge is 0.444 e. The Morgan fingerprint density at radius 1 is 1.37 bits per heavy atom. The van der Waals surface area contributed by atoms with Crippen molar-refractivity contribution in [2.75, 3.05) is 13.2 Å². The van der Waals surface area contributed by atoms with Crippen LogP contribution in [0.5, 0.6) is 0 Å². The normalized spacial score (nSPS) is 25.5. The molecule has 1 aliphatic heterocycles. The highest BCUT2D eigenvalue weighted by Gasteiger charge is 2.43. The molecule has 2 unspecified atom stereocenters. The van der Waals surface area contributed by atoms with E-state index in [0.29, 0.717) is 11.8 Å². The molecule has 0 bridgehead atoms. The highest BCUT2D eigenvalue weighted by Crippen LogP contribution is 2.44. The average Bonchev–Trinajstić information content (AvgIpc) is 3.00. The smallest absolute Gasteiger partial charge is 0.410 e.